The molecule has 0 aliphatic rings. The third-order valence-corrected chi connectivity index (χ3v) is 6.23. The molecule has 0 aliphatic carbocycles. The molecule has 0 saturated heterocycles. The normalized spacial score (nSPS) is 11.9. The fourth-order valence-corrected chi connectivity index (χ4v) is 4.82. The lowest BCUT2D eigenvalue weighted by atomic mass is 9.88. The summed E-state index contributed by atoms with van der Waals surface area (Å²) in [5, 5.41) is 2.96. The molecule has 160 valence electrons. The van der Waals surface area contributed by atoms with Gasteiger partial charge in [0.25, 0.3) is 0 Å². The summed E-state index contributed by atoms with van der Waals surface area (Å²) in [6, 6.07) is 24.4. The van der Waals surface area contributed by atoms with Gasteiger partial charge in [0.1, 0.15) is 17.3 Å². The van der Waals surface area contributed by atoms with Crippen LogP contribution in [0.1, 0.15) is 26.3 Å². The predicted molar refractivity (Wildman–Crippen MR) is 137 cm³/mol. The first-order chi connectivity index (χ1) is 15.3. The number of benzene rings is 3. The summed E-state index contributed by atoms with van der Waals surface area (Å²) >= 11 is 9.68. The van der Waals surface area contributed by atoms with E-state index in [4.69, 9.17) is 21.3 Å². The van der Waals surface area contributed by atoms with E-state index in [1.54, 1.807) is 6.07 Å². The van der Waals surface area contributed by atoms with E-state index in [9.17, 15) is 0 Å². The van der Waals surface area contributed by atoms with Crippen LogP contribution in [0.25, 0.3) is 27.6 Å². The standard InChI is InChI=1S/C27H22BrClN2O/c1-27(2,3)17-10-11-30-26(12-17)31-24-7-5-4-6-22(24)23-9-8-20(16-25(23)31)32-21-14-18(28)13-19(29)15-21/h4-16H,1-3H3. The zero-order chi connectivity index (χ0) is 22.5. The van der Waals surface area contributed by atoms with Crippen LogP contribution in [-0.2, 0) is 5.41 Å². The zero-order valence-electron chi connectivity index (χ0n) is 18.1. The van der Waals surface area contributed by atoms with Gasteiger partial charge in [0.05, 0.1) is 11.0 Å². The maximum absolute atomic E-state index is 6.20. The van der Waals surface area contributed by atoms with Crippen LogP contribution < -0.4 is 4.74 Å². The Kier molecular flexibility index (Phi) is 5.23. The highest BCUT2D eigenvalue weighted by atomic mass is 79.9. The van der Waals surface area contributed by atoms with Gasteiger partial charge >= 0.3 is 0 Å². The van der Waals surface area contributed by atoms with Crippen molar-refractivity contribution >= 4 is 49.3 Å². The van der Waals surface area contributed by atoms with Gasteiger partial charge in [-0.1, -0.05) is 66.5 Å². The van der Waals surface area contributed by atoms with Crippen LogP contribution in [0.5, 0.6) is 11.5 Å². The lowest BCUT2D eigenvalue weighted by Gasteiger charge is -2.20. The number of hydrogen-bond acceptors (Lipinski definition) is 2. The lowest BCUT2D eigenvalue weighted by molar-refractivity contribution is 0.483. The first-order valence-corrected chi connectivity index (χ1v) is 11.6. The molecular weight excluding hydrogens is 484 g/mol. The van der Waals surface area contributed by atoms with Crippen molar-refractivity contribution in [3.05, 3.63) is 94.1 Å². The summed E-state index contributed by atoms with van der Waals surface area (Å²) < 4.78 is 9.25. The first kappa shape index (κ1) is 21.0. The van der Waals surface area contributed by atoms with Crippen molar-refractivity contribution in [2.75, 3.05) is 0 Å². The Morgan fingerprint density at radius 2 is 1.62 bits per heavy atom. The number of ether oxygens (including phenoxy) is 1. The molecule has 3 nitrogen and oxygen atoms in total. The molecule has 5 rings (SSSR count). The largest absolute Gasteiger partial charge is 0.457 e. The minimum absolute atomic E-state index is 0.0324. The van der Waals surface area contributed by atoms with E-state index in [0.29, 0.717) is 10.8 Å². The summed E-state index contributed by atoms with van der Waals surface area (Å²) in [5.41, 5.74) is 3.43. The van der Waals surface area contributed by atoms with Crippen molar-refractivity contribution in [1.82, 2.24) is 9.55 Å². The number of aromatic nitrogens is 2. The number of halogens is 2. The highest BCUT2D eigenvalue weighted by Crippen LogP contribution is 2.36. The van der Waals surface area contributed by atoms with Crippen molar-refractivity contribution in [2.45, 2.75) is 26.2 Å². The molecule has 2 heterocycles. The second-order valence-electron chi connectivity index (χ2n) is 8.89. The van der Waals surface area contributed by atoms with Crippen LogP contribution in [0, 0.1) is 0 Å². The van der Waals surface area contributed by atoms with Crippen molar-refractivity contribution in [3.63, 3.8) is 0 Å². The smallest absolute Gasteiger partial charge is 0.137 e. The molecule has 0 unspecified atom stereocenters. The number of hydrogen-bond donors (Lipinski definition) is 0. The quantitative estimate of drug-likeness (QED) is 0.245. The Balaban J connectivity index is 1.71. The van der Waals surface area contributed by atoms with Gasteiger partial charge in [-0.25, -0.2) is 4.98 Å². The van der Waals surface area contributed by atoms with Gasteiger partial charge in [0.2, 0.25) is 0 Å². The number of para-hydroxylation sites is 1. The Bertz CT molecular complexity index is 1450. The van der Waals surface area contributed by atoms with Gasteiger partial charge in [0.15, 0.2) is 0 Å². The van der Waals surface area contributed by atoms with E-state index in [1.165, 1.54) is 10.9 Å². The molecule has 2 aromatic heterocycles. The highest BCUT2D eigenvalue weighted by molar-refractivity contribution is 9.10. The molecular formula is C27H22BrClN2O. The third-order valence-electron chi connectivity index (χ3n) is 5.56. The molecule has 0 saturated carbocycles. The van der Waals surface area contributed by atoms with Crippen LogP contribution in [0.2, 0.25) is 5.02 Å². The van der Waals surface area contributed by atoms with Gasteiger partial charge in [0, 0.05) is 32.5 Å². The minimum atomic E-state index is 0.0324. The summed E-state index contributed by atoms with van der Waals surface area (Å²) in [4.78, 5) is 4.73. The number of fused-ring (bicyclic) bond motifs is 3. The molecule has 32 heavy (non-hydrogen) atoms. The second-order valence-corrected chi connectivity index (χ2v) is 10.2. The van der Waals surface area contributed by atoms with Crippen molar-refractivity contribution < 1.29 is 4.74 Å². The van der Waals surface area contributed by atoms with Crippen LogP contribution in [0.3, 0.4) is 0 Å². The summed E-state index contributed by atoms with van der Waals surface area (Å²) in [7, 11) is 0. The van der Waals surface area contributed by atoms with E-state index in [0.717, 1.165) is 32.5 Å². The Hall–Kier alpha value is -2.82. The van der Waals surface area contributed by atoms with Gasteiger partial charge in [-0.2, -0.15) is 0 Å². The van der Waals surface area contributed by atoms with E-state index in [1.807, 2.05) is 24.4 Å². The van der Waals surface area contributed by atoms with Gasteiger partial charge in [-0.3, -0.25) is 4.57 Å². The Labute approximate surface area is 200 Å². The number of nitrogens with zero attached hydrogens (tertiary/aromatic N) is 2. The average Bonchev–Trinajstić information content (AvgIpc) is 3.06. The molecule has 3 aromatic carbocycles. The molecule has 0 atom stereocenters. The highest BCUT2D eigenvalue weighted by Gasteiger charge is 2.18. The lowest BCUT2D eigenvalue weighted by Crippen LogP contribution is -2.12. The molecule has 0 spiro atoms. The SMILES string of the molecule is CC(C)(C)c1ccnc(-n2c3ccccc3c3ccc(Oc4cc(Cl)cc(Br)c4)cc32)c1. The van der Waals surface area contributed by atoms with Crippen molar-refractivity contribution in [1.29, 1.82) is 0 Å². The molecule has 0 bridgehead atoms. The second kappa shape index (κ2) is 7.95. The maximum Gasteiger partial charge on any atom is 0.137 e. The summed E-state index contributed by atoms with van der Waals surface area (Å²) in [6.07, 6.45) is 1.89. The number of pyridine rings is 1. The van der Waals surface area contributed by atoms with E-state index < -0.39 is 0 Å². The summed E-state index contributed by atoms with van der Waals surface area (Å²) in [5.74, 6) is 2.31. The topological polar surface area (TPSA) is 27.1 Å². The van der Waals surface area contributed by atoms with Crippen LogP contribution in [-0.4, -0.2) is 9.55 Å². The van der Waals surface area contributed by atoms with Crippen LogP contribution >= 0.6 is 27.5 Å². The van der Waals surface area contributed by atoms with Crippen LogP contribution in [0.15, 0.2) is 83.5 Å². The molecule has 5 heteroatoms. The first-order valence-electron chi connectivity index (χ1n) is 10.4. The zero-order valence-corrected chi connectivity index (χ0v) is 20.4. The van der Waals surface area contributed by atoms with Gasteiger partial charge in [-0.15, -0.1) is 0 Å². The maximum atomic E-state index is 6.20. The molecule has 5 aromatic rings. The molecule has 0 radical (unpaired) electrons. The Morgan fingerprint density at radius 1 is 0.844 bits per heavy atom. The molecule has 0 aliphatic heterocycles. The fourth-order valence-electron chi connectivity index (χ4n) is 3.99. The fraction of sp³-hybridized carbons (Fsp3) is 0.148. The average molecular weight is 506 g/mol. The van der Waals surface area contributed by atoms with E-state index in [2.05, 4.69) is 89.8 Å². The molecule has 0 amide bonds. The van der Waals surface area contributed by atoms with Gasteiger partial charge in [-0.05, 0) is 59.5 Å². The minimum Gasteiger partial charge on any atom is -0.457 e. The third kappa shape index (κ3) is 3.89. The predicted octanol–water partition coefficient (Wildman–Crippen LogP) is 8.68. The number of rotatable bonds is 3. The molecule has 0 N–H and O–H groups in total. The van der Waals surface area contributed by atoms with Crippen LogP contribution in [0.4, 0.5) is 0 Å². The summed E-state index contributed by atoms with van der Waals surface area (Å²) in [6.45, 7) is 6.65. The Morgan fingerprint density at radius 3 is 2.41 bits per heavy atom. The van der Waals surface area contributed by atoms with Crippen molar-refractivity contribution in [3.8, 4) is 17.3 Å². The monoisotopic (exact) mass is 504 g/mol. The van der Waals surface area contributed by atoms with Crippen molar-refractivity contribution in [2.24, 2.45) is 0 Å². The van der Waals surface area contributed by atoms with Gasteiger partial charge < -0.3 is 4.74 Å². The van der Waals surface area contributed by atoms with E-state index in [-0.39, 0.29) is 5.41 Å². The van der Waals surface area contributed by atoms with E-state index >= 15 is 0 Å². The molecule has 0 fully saturated rings.